The van der Waals surface area contributed by atoms with Crippen molar-refractivity contribution in [1.29, 1.82) is 0 Å². The lowest BCUT2D eigenvalue weighted by Gasteiger charge is -2.03. The second-order valence-corrected chi connectivity index (χ2v) is 3.43. The standard InChI is InChI=1S/C10H10O2/c1-2-4-8-7(3-1)5-10-9(8)6-11-12-10/h1-4,9-10H,5-6H2. The minimum absolute atomic E-state index is 0.280. The Kier molecular flexibility index (Phi) is 1.28. The molecule has 1 aromatic rings. The first-order valence-corrected chi connectivity index (χ1v) is 4.31. The average molecular weight is 162 g/mol. The molecule has 1 aliphatic heterocycles. The molecule has 2 unspecified atom stereocenters. The van der Waals surface area contributed by atoms with E-state index in [-0.39, 0.29) is 6.10 Å². The molecule has 62 valence electrons. The smallest absolute Gasteiger partial charge is 0.106 e. The van der Waals surface area contributed by atoms with E-state index < -0.39 is 0 Å². The molecule has 2 aliphatic rings. The summed E-state index contributed by atoms with van der Waals surface area (Å²) in [5.74, 6) is 0.487. The molecule has 0 aromatic heterocycles. The van der Waals surface area contributed by atoms with Crippen LogP contribution >= 0.6 is 0 Å². The summed E-state index contributed by atoms with van der Waals surface area (Å²) in [7, 11) is 0. The molecule has 1 fully saturated rings. The fourth-order valence-corrected chi connectivity index (χ4v) is 2.14. The highest BCUT2D eigenvalue weighted by atomic mass is 17.2. The lowest BCUT2D eigenvalue weighted by atomic mass is 10.0. The molecule has 1 aliphatic carbocycles. The Balaban J connectivity index is 2.09. The zero-order valence-electron chi connectivity index (χ0n) is 6.69. The van der Waals surface area contributed by atoms with Crippen molar-refractivity contribution in [1.82, 2.24) is 0 Å². The third-order valence-electron chi connectivity index (χ3n) is 2.76. The molecule has 1 aromatic carbocycles. The Labute approximate surface area is 71.0 Å². The van der Waals surface area contributed by atoms with Gasteiger partial charge in [-0.15, -0.1) is 0 Å². The molecule has 3 rings (SSSR count). The van der Waals surface area contributed by atoms with Crippen LogP contribution in [0.1, 0.15) is 17.0 Å². The molecule has 2 heteroatoms. The third-order valence-corrected chi connectivity index (χ3v) is 2.76. The van der Waals surface area contributed by atoms with Crippen LogP contribution in [0, 0.1) is 0 Å². The normalized spacial score (nSPS) is 31.7. The number of fused-ring (bicyclic) bond motifs is 3. The first-order chi connectivity index (χ1) is 5.95. The molecule has 0 saturated carbocycles. The molecule has 2 atom stereocenters. The van der Waals surface area contributed by atoms with Gasteiger partial charge in [0.05, 0.1) is 6.61 Å². The summed E-state index contributed by atoms with van der Waals surface area (Å²) in [5.41, 5.74) is 2.84. The summed E-state index contributed by atoms with van der Waals surface area (Å²) < 4.78 is 0. The van der Waals surface area contributed by atoms with Crippen LogP contribution in [0.25, 0.3) is 0 Å². The first kappa shape index (κ1) is 6.63. The van der Waals surface area contributed by atoms with Gasteiger partial charge in [-0.2, -0.15) is 0 Å². The molecule has 0 N–H and O–H groups in total. The van der Waals surface area contributed by atoms with Gasteiger partial charge >= 0.3 is 0 Å². The number of rotatable bonds is 0. The zero-order chi connectivity index (χ0) is 7.97. The molecule has 1 heterocycles. The van der Waals surface area contributed by atoms with Crippen LogP contribution in [0.5, 0.6) is 0 Å². The van der Waals surface area contributed by atoms with E-state index in [1.807, 2.05) is 0 Å². The Bertz CT molecular complexity index is 308. The van der Waals surface area contributed by atoms with Gasteiger partial charge in [0.25, 0.3) is 0 Å². The van der Waals surface area contributed by atoms with Gasteiger partial charge in [0.2, 0.25) is 0 Å². The van der Waals surface area contributed by atoms with Gasteiger partial charge in [0.15, 0.2) is 0 Å². The summed E-state index contributed by atoms with van der Waals surface area (Å²) in [6.45, 7) is 0.724. The minimum atomic E-state index is 0.280. The lowest BCUT2D eigenvalue weighted by molar-refractivity contribution is -0.273. The second-order valence-electron chi connectivity index (χ2n) is 3.43. The summed E-state index contributed by atoms with van der Waals surface area (Å²) in [5, 5.41) is 0. The van der Waals surface area contributed by atoms with Crippen molar-refractivity contribution in [2.24, 2.45) is 0 Å². The van der Waals surface area contributed by atoms with Crippen LogP contribution in [0.3, 0.4) is 0 Å². The molecular weight excluding hydrogens is 152 g/mol. The van der Waals surface area contributed by atoms with Crippen LogP contribution in [-0.2, 0) is 16.2 Å². The maximum atomic E-state index is 5.16. The van der Waals surface area contributed by atoms with E-state index in [1.165, 1.54) is 11.1 Å². The van der Waals surface area contributed by atoms with E-state index in [4.69, 9.17) is 9.78 Å². The van der Waals surface area contributed by atoms with Crippen molar-refractivity contribution in [2.45, 2.75) is 18.4 Å². The molecule has 0 amide bonds. The zero-order valence-corrected chi connectivity index (χ0v) is 6.69. The molecule has 0 radical (unpaired) electrons. The van der Waals surface area contributed by atoms with E-state index in [0.717, 1.165) is 13.0 Å². The predicted octanol–water partition coefficient (Wildman–Crippen LogP) is 1.66. The van der Waals surface area contributed by atoms with Crippen LogP contribution in [0.2, 0.25) is 0 Å². The van der Waals surface area contributed by atoms with E-state index in [0.29, 0.717) is 5.92 Å². The van der Waals surface area contributed by atoms with E-state index >= 15 is 0 Å². The molecule has 0 bridgehead atoms. The highest BCUT2D eigenvalue weighted by Crippen LogP contribution is 2.38. The quantitative estimate of drug-likeness (QED) is 0.540. The summed E-state index contributed by atoms with van der Waals surface area (Å²) in [4.78, 5) is 10.1. The predicted molar refractivity (Wildman–Crippen MR) is 43.7 cm³/mol. The largest absolute Gasteiger partial charge is 0.236 e. The van der Waals surface area contributed by atoms with Gasteiger partial charge in [-0.1, -0.05) is 24.3 Å². The van der Waals surface area contributed by atoms with Gasteiger partial charge in [-0.3, -0.25) is 0 Å². The first-order valence-electron chi connectivity index (χ1n) is 4.31. The Hall–Kier alpha value is -0.860. The van der Waals surface area contributed by atoms with Crippen LogP contribution in [0.15, 0.2) is 24.3 Å². The van der Waals surface area contributed by atoms with Crippen molar-refractivity contribution in [3.8, 4) is 0 Å². The maximum Gasteiger partial charge on any atom is 0.106 e. The average Bonchev–Trinajstić information content (AvgIpc) is 2.62. The fourth-order valence-electron chi connectivity index (χ4n) is 2.14. The Morgan fingerprint density at radius 2 is 2.17 bits per heavy atom. The van der Waals surface area contributed by atoms with Crippen molar-refractivity contribution in [3.05, 3.63) is 35.4 Å². The van der Waals surface area contributed by atoms with Gasteiger partial charge in [0, 0.05) is 12.3 Å². The molecule has 2 nitrogen and oxygen atoms in total. The van der Waals surface area contributed by atoms with Crippen molar-refractivity contribution in [2.75, 3.05) is 6.61 Å². The molecule has 12 heavy (non-hydrogen) atoms. The SMILES string of the molecule is c1ccc2c(c1)CC1OOCC21. The van der Waals surface area contributed by atoms with E-state index in [9.17, 15) is 0 Å². The van der Waals surface area contributed by atoms with Crippen LogP contribution in [0.4, 0.5) is 0 Å². The van der Waals surface area contributed by atoms with Crippen molar-refractivity contribution >= 4 is 0 Å². The van der Waals surface area contributed by atoms with Crippen molar-refractivity contribution < 1.29 is 9.78 Å². The number of benzene rings is 1. The second kappa shape index (κ2) is 2.31. The highest BCUT2D eigenvalue weighted by molar-refractivity contribution is 5.37. The highest BCUT2D eigenvalue weighted by Gasteiger charge is 2.38. The monoisotopic (exact) mass is 162 g/mol. The van der Waals surface area contributed by atoms with Crippen LogP contribution < -0.4 is 0 Å². The number of hydrogen-bond acceptors (Lipinski definition) is 2. The van der Waals surface area contributed by atoms with Gasteiger partial charge in [0.1, 0.15) is 6.10 Å². The molecule has 0 spiro atoms. The lowest BCUT2D eigenvalue weighted by Crippen LogP contribution is -2.08. The minimum Gasteiger partial charge on any atom is -0.236 e. The van der Waals surface area contributed by atoms with Gasteiger partial charge in [-0.25, -0.2) is 9.78 Å². The fraction of sp³-hybridized carbons (Fsp3) is 0.400. The van der Waals surface area contributed by atoms with E-state index in [2.05, 4.69) is 24.3 Å². The van der Waals surface area contributed by atoms with E-state index in [1.54, 1.807) is 0 Å². The summed E-state index contributed by atoms with van der Waals surface area (Å²) in [6.07, 6.45) is 1.29. The van der Waals surface area contributed by atoms with Crippen molar-refractivity contribution in [3.63, 3.8) is 0 Å². The van der Waals surface area contributed by atoms with Gasteiger partial charge in [-0.05, 0) is 11.1 Å². The summed E-state index contributed by atoms with van der Waals surface area (Å²) >= 11 is 0. The molecule has 1 saturated heterocycles. The maximum absolute atomic E-state index is 5.16. The summed E-state index contributed by atoms with van der Waals surface area (Å²) in [6, 6.07) is 8.52. The number of hydrogen-bond donors (Lipinski definition) is 0. The van der Waals surface area contributed by atoms with Gasteiger partial charge < -0.3 is 0 Å². The third kappa shape index (κ3) is 0.765. The van der Waals surface area contributed by atoms with Crippen LogP contribution in [-0.4, -0.2) is 12.7 Å². The Morgan fingerprint density at radius 1 is 1.25 bits per heavy atom. The topological polar surface area (TPSA) is 18.5 Å². The Morgan fingerprint density at radius 3 is 3.17 bits per heavy atom. The molecular formula is C10H10O2.